The van der Waals surface area contributed by atoms with Crippen LogP contribution in [0.15, 0.2) is 0 Å². The fourth-order valence-corrected chi connectivity index (χ4v) is 7.92. The summed E-state index contributed by atoms with van der Waals surface area (Å²) >= 11 is 0. The minimum atomic E-state index is -0.695. The molecular weight excluding hydrogens is 519 g/mol. The second-order valence-electron chi connectivity index (χ2n) is 14.5. The molecule has 42 heavy (non-hydrogen) atoms. The fourth-order valence-electron chi connectivity index (χ4n) is 7.92. The Morgan fingerprint density at radius 3 is 1.67 bits per heavy atom. The van der Waals surface area contributed by atoms with E-state index in [9.17, 15) is 14.4 Å². The molecule has 0 radical (unpaired) electrons. The van der Waals surface area contributed by atoms with Crippen molar-refractivity contribution in [3.05, 3.63) is 0 Å². The van der Waals surface area contributed by atoms with E-state index in [2.05, 4.69) is 93.2 Å². The standard InChI is InChI=1S/C36H71BN2O3/c1-16-26(9)24-30(31(41)29(17-2)18-3)33(12,13)25-27(10)39(23-8)36(21-6,22-7)34(14,19-4)32(42)37-38-35(15,20-5)28(11)40/h26-27,29-30,37-38H,16-25H2,1-15H3. The summed E-state index contributed by atoms with van der Waals surface area (Å²) in [5.74, 6) is 1.17. The molecule has 0 spiro atoms. The van der Waals surface area contributed by atoms with E-state index in [4.69, 9.17) is 0 Å². The van der Waals surface area contributed by atoms with Gasteiger partial charge in [-0.3, -0.25) is 14.5 Å². The molecule has 0 bridgehead atoms. The Hall–Kier alpha value is -1.01. The third-order valence-electron chi connectivity index (χ3n) is 11.9. The average Bonchev–Trinajstić information content (AvgIpc) is 2.96. The molecule has 0 aromatic heterocycles. The maximum Gasteiger partial charge on any atom is 0.284 e. The number of nitrogens with one attached hydrogen (secondary N) is 1. The monoisotopic (exact) mass is 591 g/mol. The summed E-state index contributed by atoms with van der Waals surface area (Å²) in [5, 5.41) is 3.35. The van der Waals surface area contributed by atoms with Gasteiger partial charge in [-0.2, -0.15) is 0 Å². The zero-order chi connectivity index (χ0) is 33.1. The Bertz CT molecular complexity index is 851. The summed E-state index contributed by atoms with van der Waals surface area (Å²) in [6.45, 7) is 33.1. The van der Waals surface area contributed by atoms with E-state index in [0.29, 0.717) is 18.1 Å². The Morgan fingerprint density at radius 2 is 1.31 bits per heavy atom. The lowest BCUT2D eigenvalue weighted by Crippen LogP contribution is -2.66. The molecule has 0 aromatic rings. The second kappa shape index (κ2) is 17.5. The van der Waals surface area contributed by atoms with Gasteiger partial charge in [0.15, 0.2) is 0 Å². The maximum atomic E-state index is 14.2. The van der Waals surface area contributed by atoms with Crippen LogP contribution in [-0.2, 0) is 14.4 Å². The van der Waals surface area contributed by atoms with E-state index in [1.807, 2.05) is 13.8 Å². The molecule has 246 valence electrons. The first-order valence-electron chi connectivity index (χ1n) is 17.5. The molecule has 0 aliphatic heterocycles. The normalized spacial score (nSPS) is 17.8. The van der Waals surface area contributed by atoms with Gasteiger partial charge in [0, 0.05) is 28.8 Å². The number of Topliss-reactive ketones (excluding diaryl/α,β-unsaturated/α-hetero) is 2. The lowest BCUT2D eigenvalue weighted by atomic mass is 9.55. The molecule has 5 nitrogen and oxygen atoms in total. The van der Waals surface area contributed by atoms with E-state index in [0.717, 1.165) is 57.9 Å². The Morgan fingerprint density at radius 1 is 0.786 bits per heavy atom. The molecule has 0 rings (SSSR count). The highest BCUT2D eigenvalue weighted by Crippen LogP contribution is 2.48. The molecule has 1 N–H and O–H groups in total. The van der Waals surface area contributed by atoms with Crippen LogP contribution in [-0.4, -0.2) is 53.2 Å². The first-order valence-corrected chi connectivity index (χ1v) is 17.5. The molecule has 0 aromatic carbocycles. The van der Waals surface area contributed by atoms with Gasteiger partial charge in [0.1, 0.15) is 17.2 Å². The summed E-state index contributed by atoms with van der Waals surface area (Å²) < 4.78 is 0. The van der Waals surface area contributed by atoms with Crippen molar-refractivity contribution in [2.24, 2.45) is 28.6 Å². The number of carbonyl (C=O) groups excluding carboxylic acids is 3. The lowest BCUT2D eigenvalue weighted by molar-refractivity contribution is -0.137. The van der Waals surface area contributed by atoms with E-state index >= 15 is 0 Å². The molecule has 0 amide bonds. The molecule has 0 saturated carbocycles. The van der Waals surface area contributed by atoms with Crippen molar-refractivity contribution >= 4 is 24.7 Å². The third kappa shape index (κ3) is 9.02. The molecule has 5 atom stereocenters. The summed E-state index contributed by atoms with van der Waals surface area (Å²) in [6, 6.07) is 0.198. The highest BCUT2D eigenvalue weighted by Gasteiger charge is 2.54. The van der Waals surface area contributed by atoms with Crippen molar-refractivity contribution in [2.75, 3.05) is 6.54 Å². The van der Waals surface area contributed by atoms with Crippen LogP contribution >= 0.6 is 0 Å². The van der Waals surface area contributed by atoms with Gasteiger partial charge >= 0.3 is 0 Å². The van der Waals surface area contributed by atoms with E-state index in [1.165, 1.54) is 0 Å². The number of rotatable bonds is 23. The molecule has 0 aliphatic carbocycles. The molecule has 0 aliphatic rings. The smallest absolute Gasteiger partial charge is 0.284 e. The Kier molecular flexibility index (Phi) is 17.1. The highest BCUT2D eigenvalue weighted by molar-refractivity contribution is 6.73. The minimum Gasteiger partial charge on any atom is -0.341 e. The van der Waals surface area contributed by atoms with Crippen molar-refractivity contribution in [3.8, 4) is 0 Å². The first kappa shape index (κ1) is 41.0. The van der Waals surface area contributed by atoms with Crippen LogP contribution in [0, 0.1) is 28.6 Å². The largest absolute Gasteiger partial charge is 0.341 e. The quantitative estimate of drug-likeness (QED) is 0.121. The van der Waals surface area contributed by atoms with E-state index in [1.54, 1.807) is 6.92 Å². The molecule has 0 saturated heterocycles. The molecular formula is C36H71BN2O3. The van der Waals surface area contributed by atoms with Crippen molar-refractivity contribution in [2.45, 2.75) is 179 Å². The summed E-state index contributed by atoms with van der Waals surface area (Å²) in [7, 11) is 0.189. The van der Waals surface area contributed by atoms with Gasteiger partial charge in [-0.1, -0.05) is 89.5 Å². The predicted octanol–water partition coefficient (Wildman–Crippen LogP) is 8.37. The van der Waals surface area contributed by atoms with Crippen LogP contribution < -0.4 is 5.23 Å². The number of nitrogens with zero attached hydrogens (tertiary/aromatic N) is 1. The van der Waals surface area contributed by atoms with Crippen molar-refractivity contribution in [3.63, 3.8) is 0 Å². The van der Waals surface area contributed by atoms with E-state index in [-0.39, 0.29) is 47.7 Å². The van der Waals surface area contributed by atoms with Gasteiger partial charge in [-0.05, 0) is 90.0 Å². The van der Waals surface area contributed by atoms with Gasteiger partial charge in [-0.25, -0.2) is 0 Å². The SMILES string of the molecule is CCC(C)CC(C(=O)C(CC)CC)C(C)(C)CC(C)N(CC)C(CC)(CC)C(C)(CC)C(=O)BNC(C)(CC)C(C)=O. The molecule has 0 fully saturated rings. The van der Waals surface area contributed by atoms with E-state index < -0.39 is 11.0 Å². The summed E-state index contributed by atoms with van der Waals surface area (Å²) in [6.07, 6.45) is 7.82. The first-order chi connectivity index (χ1) is 19.4. The van der Waals surface area contributed by atoms with Gasteiger partial charge in [0.2, 0.25) is 0 Å². The molecule has 0 heterocycles. The summed E-state index contributed by atoms with van der Waals surface area (Å²) in [4.78, 5) is 43.2. The number of hydrogen-bond acceptors (Lipinski definition) is 5. The van der Waals surface area contributed by atoms with Crippen LogP contribution in [0.4, 0.5) is 0 Å². The highest BCUT2D eigenvalue weighted by atomic mass is 16.1. The van der Waals surface area contributed by atoms with Gasteiger partial charge in [0.25, 0.3) is 7.41 Å². The average molecular weight is 591 g/mol. The van der Waals surface area contributed by atoms with Crippen LogP contribution in [0.5, 0.6) is 0 Å². The van der Waals surface area contributed by atoms with Crippen LogP contribution in [0.3, 0.4) is 0 Å². The van der Waals surface area contributed by atoms with Crippen molar-refractivity contribution < 1.29 is 14.4 Å². The van der Waals surface area contributed by atoms with Crippen LogP contribution in [0.2, 0.25) is 0 Å². The van der Waals surface area contributed by atoms with Gasteiger partial charge < -0.3 is 10.0 Å². The van der Waals surface area contributed by atoms with Crippen LogP contribution in [0.1, 0.15) is 162 Å². The van der Waals surface area contributed by atoms with Crippen molar-refractivity contribution in [1.82, 2.24) is 10.1 Å². The second-order valence-corrected chi connectivity index (χ2v) is 14.5. The number of carbonyl (C=O) groups is 3. The third-order valence-corrected chi connectivity index (χ3v) is 11.9. The van der Waals surface area contributed by atoms with Gasteiger partial charge in [0.05, 0.1) is 5.54 Å². The number of ketones is 2. The minimum absolute atomic E-state index is 0.0258. The fraction of sp³-hybridized carbons (Fsp3) is 0.917. The zero-order valence-corrected chi connectivity index (χ0v) is 30.8. The Balaban J connectivity index is 6.59. The number of hydrogen-bond donors (Lipinski definition) is 1. The molecule has 6 heteroatoms. The maximum absolute atomic E-state index is 14.2. The van der Waals surface area contributed by atoms with Gasteiger partial charge in [-0.15, -0.1) is 0 Å². The van der Waals surface area contributed by atoms with Crippen molar-refractivity contribution in [1.29, 1.82) is 0 Å². The molecule has 5 unspecified atom stereocenters. The summed E-state index contributed by atoms with van der Waals surface area (Å²) in [5.41, 5.74) is -1.61. The zero-order valence-electron chi connectivity index (χ0n) is 30.8. The lowest BCUT2D eigenvalue weighted by Gasteiger charge is -2.57. The van der Waals surface area contributed by atoms with Crippen LogP contribution in [0.25, 0.3) is 0 Å². The Labute approximate surface area is 262 Å². The predicted molar refractivity (Wildman–Crippen MR) is 183 cm³/mol. The topological polar surface area (TPSA) is 66.5 Å².